The summed E-state index contributed by atoms with van der Waals surface area (Å²) in [7, 11) is 0. The van der Waals surface area contributed by atoms with Gasteiger partial charge in [0.05, 0.1) is 0 Å². The van der Waals surface area contributed by atoms with Crippen LogP contribution in [-0.4, -0.2) is 24.0 Å². The first-order chi connectivity index (χ1) is 7.79. The van der Waals surface area contributed by atoms with Gasteiger partial charge in [-0.2, -0.15) is 0 Å². The van der Waals surface area contributed by atoms with Crippen LogP contribution in [0.5, 0.6) is 0 Å². The van der Waals surface area contributed by atoms with Gasteiger partial charge in [0.1, 0.15) is 0 Å². The Kier molecular flexibility index (Phi) is 3.06. The van der Waals surface area contributed by atoms with Crippen molar-refractivity contribution in [1.29, 1.82) is 0 Å². The molecule has 1 aliphatic heterocycles. The van der Waals surface area contributed by atoms with E-state index in [9.17, 15) is 4.79 Å². The first-order valence-corrected chi connectivity index (χ1v) is 5.42. The third-order valence-corrected chi connectivity index (χ3v) is 2.65. The number of hydrogen-bond donors (Lipinski definition) is 0. The van der Waals surface area contributed by atoms with Gasteiger partial charge < -0.3 is 9.64 Å². The molecule has 0 N–H and O–H groups in total. The summed E-state index contributed by atoms with van der Waals surface area (Å²) in [6.07, 6.45) is 1.46. The molecule has 1 heterocycles. The van der Waals surface area contributed by atoms with Gasteiger partial charge in [-0.3, -0.25) is 4.79 Å². The molecule has 3 heteroatoms. The molecule has 0 aliphatic carbocycles. The summed E-state index contributed by atoms with van der Waals surface area (Å²) in [4.78, 5) is 13.8. The number of rotatable bonds is 4. The maximum Gasteiger partial charge on any atom is 0.256 e. The van der Waals surface area contributed by atoms with Crippen LogP contribution in [-0.2, 0) is 4.74 Å². The van der Waals surface area contributed by atoms with Crippen molar-refractivity contribution in [3.8, 4) is 0 Å². The molecule has 1 amide bonds. The number of ether oxygens (including phenoxy) is 1. The number of benzene rings is 1. The van der Waals surface area contributed by atoms with Crippen molar-refractivity contribution in [2.75, 3.05) is 13.2 Å². The lowest BCUT2D eigenvalue weighted by Gasteiger charge is -2.23. The lowest BCUT2D eigenvalue weighted by atomic mass is 10.1. The maximum absolute atomic E-state index is 12.1. The molecule has 1 aliphatic rings. The van der Waals surface area contributed by atoms with E-state index in [0.29, 0.717) is 13.2 Å². The summed E-state index contributed by atoms with van der Waals surface area (Å²) < 4.78 is 5.62. The van der Waals surface area contributed by atoms with E-state index < -0.39 is 0 Å². The topological polar surface area (TPSA) is 29.5 Å². The summed E-state index contributed by atoms with van der Waals surface area (Å²) >= 11 is 0. The summed E-state index contributed by atoms with van der Waals surface area (Å²) in [6, 6.07) is 7.58. The van der Waals surface area contributed by atoms with Gasteiger partial charge in [0.25, 0.3) is 5.91 Å². The number of hydrogen-bond acceptors (Lipinski definition) is 2. The first kappa shape index (κ1) is 10.9. The molecule has 0 saturated heterocycles. The van der Waals surface area contributed by atoms with Gasteiger partial charge in [-0.25, -0.2) is 0 Å². The third-order valence-electron chi connectivity index (χ3n) is 2.65. The molecule has 1 unspecified atom stereocenters. The van der Waals surface area contributed by atoms with E-state index in [1.807, 2.05) is 31.2 Å². The molecule has 16 heavy (non-hydrogen) atoms. The van der Waals surface area contributed by atoms with Crippen molar-refractivity contribution < 1.29 is 9.53 Å². The Bertz CT molecular complexity index is 414. The summed E-state index contributed by atoms with van der Waals surface area (Å²) in [6.45, 7) is 6.69. The van der Waals surface area contributed by atoms with Crippen LogP contribution in [0.1, 0.15) is 29.1 Å². The lowest BCUT2D eigenvalue weighted by Crippen LogP contribution is -2.29. The van der Waals surface area contributed by atoms with Crippen LogP contribution in [0.3, 0.4) is 0 Å². The quantitative estimate of drug-likeness (QED) is 0.724. The monoisotopic (exact) mass is 217 g/mol. The van der Waals surface area contributed by atoms with Crippen LogP contribution in [0.4, 0.5) is 0 Å². The van der Waals surface area contributed by atoms with Gasteiger partial charge in [-0.1, -0.05) is 24.3 Å². The Balaban J connectivity index is 2.38. The van der Waals surface area contributed by atoms with Crippen molar-refractivity contribution in [3.63, 3.8) is 0 Å². The summed E-state index contributed by atoms with van der Waals surface area (Å²) in [5.41, 5.74) is 1.69. The molecule has 0 bridgehead atoms. The number of carbonyl (C=O) groups excluding carboxylic acids is 1. The van der Waals surface area contributed by atoms with Gasteiger partial charge in [-0.05, 0) is 13.0 Å². The Morgan fingerprint density at radius 1 is 1.50 bits per heavy atom. The number of nitrogens with zero attached hydrogens (tertiary/aromatic N) is 1. The van der Waals surface area contributed by atoms with Crippen LogP contribution < -0.4 is 0 Å². The van der Waals surface area contributed by atoms with E-state index in [1.54, 1.807) is 11.0 Å². The minimum Gasteiger partial charge on any atom is -0.354 e. The Morgan fingerprint density at radius 3 is 2.94 bits per heavy atom. The summed E-state index contributed by atoms with van der Waals surface area (Å²) in [5, 5.41) is 0. The Labute approximate surface area is 95.3 Å². The standard InChI is InChI=1S/C13H15NO2/c1-3-9-14-12(15)10-7-5-6-8-11(10)13(14)16-4-2/h3,5-8,13H,1,4,9H2,2H3. The largest absolute Gasteiger partial charge is 0.354 e. The fourth-order valence-electron chi connectivity index (χ4n) is 1.99. The average Bonchev–Trinajstić information content (AvgIpc) is 2.57. The second-order valence-corrected chi connectivity index (χ2v) is 3.64. The number of fused-ring (bicyclic) bond motifs is 1. The van der Waals surface area contributed by atoms with Gasteiger partial charge in [0.15, 0.2) is 6.23 Å². The van der Waals surface area contributed by atoms with Crippen molar-refractivity contribution in [2.45, 2.75) is 13.2 Å². The zero-order valence-corrected chi connectivity index (χ0v) is 9.35. The molecule has 0 spiro atoms. The molecular formula is C13H15NO2. The van der Waals surface area contributed by atoms with Crippen molar-refractivity contribution in [3.05, 3.63) is 48.0 Å². The second-order valence-electron chi connectivity index (χ2n) is 3.64. The first-order valence-electron chi connectivity index (χ1n) is 5.42. The second kappa shape index (κ2) is 4.49. The van der Waals surface area contributed by atoms with Crippen molar-refractivity contribution in [2.24, 2.45) is 0 Å². The molecule has 1 aromatic rings. The van der Waals surface area contributed by atoms with Crippen LogP contribution in [0.2, 0.25) is 0 Å². The molecule has 1 atom stereocenters. The zero-order valence-electron chi connectivity index (χ0n) is 9.35. The van der Waals surface area contributed by atoms with Crippen LogP contribution in [0, 0.1) is 0 Å². The fraction of sp³-hybridized carbons (Fsp3) is 0.308. The maximum atomic E-state index is 12.1. The highest BCUT2D eigenvalue weighted by molar-refractivity contribution is 5.99. The molecule has 84 valence electrons. The number of amides is 1. The van der Waals surface area contributed by atoms with Crippen LogP contribution in [0.15, 0.2) is 36.9 Å². The van der Waals surface area contributed by atoms with E-state index in [2.05, 4.69) is 6.58 Å². The van der Waals surface area contributed by atoms with Gasteiger partial charge in [-0.15, -0.1) is 6.58 Å². The molecular weight excluding hydrogens is 202 g/mol. The van der Waals surface area contributed by atoms with E-state index in [0.717, 1.165) is 11.1 Å². The van der Waals surface area contributed by atoms with Crippen LogP contribution >= 0.6 is 0 Å². The third kappa shape index (κ3) is 1.63. The Hall–Kier alpha value is -1.61. The molecule has 0 radical (unpaired) electrons. The normalized spacial score (nSPS) is 18.7. The number of carbonyl (C=O) groups is 1. The Morgan fingerprint density at radius 2 is 2.25 bits per heavy atom. The van der Waals surface area contributed by atoms with Crippen LogP contribution in [0.25, 0.3) is 0 Å². The minimum atomic E-state index is -0.258. The molecule has 0 fully saturated rings. The lowest BCUT2D eigenvalue weighted by molar-refractivity contribution is -0.0295. The van der Waals surface area contributed by atoms with Crippen molar-refractivity contribution in [1.82, 2.24) is 4.90 Å². The highest BCUT2D eigenvalue weighted by Crippen LogP contribution is 2.33. The zero-order chi connectivity index (χ0) is 11.5. The van der Waals surface area contributed by atoms with Gasteiger partial charge in [0.2, 0.25) is 0 Å². The predicted octanol–water partition coefficient (Wildman–Crippen LogP) is 2.36. The van der Waals surface area contributed by atoms with Gasteiger partial charge >= 0.3 is 0 Å². The van der Waals surface area contributed by atoms with Crippen molar-refractivity contribution >= 4 is 5.91 Å². The molecule has 2 rings (SSSR count). The highest BCUT2D eigenvalue weighted by Gasteiger charge is 2.35. The molecule has 3 nitrogen and oxygen atoms in total. The van der Waals surface area contributed by atoms with E-state index >= 15 is 0 Å². The average molecular weight is 217 g/mol. The predicted molar refractivity (Wildman–Crippen MR) is 62.0 cm³/mol. The highest BCUT2D eigenvalue weighted by atomic mass is 16.5. The fourth-order valence-corrected chi connectivity index (χ4v) is 1.99. The smallest absolute Gasteiger partial charge is 0.256 e. The SMILES string of the molecule is C=CCN1C(=O)c2ccccc2C1OCC. The van der Waals surface area contributed by atoms with E-state index in [4.69, 9.17) is 4.74 Å². The molecule has 0 aromatic heterocycles. The minimum absolute atomic E-state index is 0.0222. The van der Waals surface area contributed by atoms with E-state index in [-0.39, 0.29) is 12.1 Å². The summed E-state index contributed by atoms with van der Waals surface area (Å²) in [5.74, 6) is 0.0222. The van der Waals surface area contributed by atoms with Gasteiger partial charge in [0, 0.05) is 24.3 Å². The molecule has 1 aromatic carbocycles. The van der Waals surface area contributed by atoms with E-state index in [1.165, 1.54) is 0 Å². The molecule has 0 saturated carbocycles.